The van der Waals surface area contributed by atoms with Gasteiger partial charge in [0.2, 0.25) is 5.91 Å². The van der Waals surface area contributed by atoms with Gasteiger partial charge in [-0.25, -0.2) is 4.39 Å². The number of hydrogen-bond acceptors (Lipinski definition) is 7. The van der Waals surface area contributed by atoms with Gasteiger partial charge in [0.05, 0.1) is 18.6 Å². The van der Waals surface area contributed by atoms with Crippen LogP contribution in [0, 0.1) is 12.7 Å². The van der Waals surface area contributed by atoms with E-state index in [1.54, 1.807) is 24.7 Å². The SMILES string of the molecule is COc1ccccc1-n1c(C)nnc1SCC(=O)NNC(=O)COc1ccccc1F. The van der Waals surface area contributed by atoms with Crippen LogP contribution in [-0.4, -0.2) is 46.0 Å². The minimum atomic E-state index is -0.630. The van der Waals surface area contributed by atoms with Crippen LogP contribution >= 0.6 is 11.8 Å². The number of carbonyl (C=O) groups is 2. The fraction of sp³-hybridized carbons (Fsp3) is 0.200. The Bertz CT molecular complexity index is 1080. The smallest absolute Gasteiger partial charge is 0.276 e. The molecule has 0 bridgehead atoms. The van der Waals surface area contributed by atoms with E-state index in [4.69, 9.17) is 9.47 Å². The summed E-state index contributed by atoms with van der Waals surface area (Å²) in [5, 5.41) is 8.66. The number of nitrogens with one attached hydrogen (secondary N) is 2. The highest BCUT2D eigenvalue weighted by atomic mass is 32.2. The summed E-state index contributed by atoms with van der Waals surface area (Å²) in [6.07, 6.45) is 0. The normalized spacial score (nSPS) is 10.4. The van der Waals surface area contributed by atoms with Gasteiger partial charge in [-0.15, -0.1) is 10.2 Å². The molecule has 0 aliphatic heterocycles. The molecule has 3 aromatic rings. The average molecular weight is 445 g/mol. The van der Waals surface area contributed by atoms with Gasteiger partial charge in [-0.05, 0) is 31.2 Å². The molecule has 1 aromatic heterocycles. The number of hydrazine groups is 1. The van der Waals surface area contributed by atoms with Gasteiger partial charge in [-0.1, -0.05) is 36.0 Å². The van der Waals surface area contributed by atoms with Crippen molar-refractivity contribution in [3.63, 3.8) is 0 Å². The lowest BCUT2D eigenvalue weighted by Crippen LogP contribution is -2.44. The number of carbonyl (C=O) groups excluding carboxylic acids is 2. The summed E-state index contributed by atoms with van der Waals surface area (Å²) < 4.78 is 25.7. The van der Waals surface area contributed by atoms with Crippen LogP contribution in [0.1, 0.15) is 5.82 Å². The maximum Gasteiger partial charge on any atom is 0.276 e. The molecule has 0 unspecified atom stereocenters. The van der Waals surface area contributed by atoms with Crippen molar-refractivity contribution in [2.45, 2.75) is 12.1 Å². The van der Waals surface area contributed by atoms with E-state index in [2.05, 4.69) is 21.0 Å². The van der Waals surface area contributed by atoms with E-state index in [1.807, 2.05) is 24.3 Å². The Labute approximate surface area is 181 Å². The highest BCUT2D eigenvalue weighted by molar-refractivity contribution is 7.99. The summed E-state index contributed by atoms with van der Waals surface area (Å²) in [6.45, 7) is 1.34. The first-order valence-electron chi connectivity index (χ1n) is 9.13. The maximum absolute atomic E-state index is 13.5. The highest BCUT2D eigenvalue weighted by Gasteiger charge is 2.16. The molecule has 162 valence electrons. The highest BCUT2D eigenvalue weighted by Crippen LogP contribution is 2.28. The van der Waals surface area contributed by atoms with Gasteiger partial charge in [-0.2, -0.15) is 0 Å². The third kappa shape index (κ3) is 5.72. The van der Waals surface area contributed by atoms with Gasteiger partial charge in [-0.3, -0.25) is 25.0 Å². The van der Waals surface area contributed by atoms with E-state index in [1.165, 1.54) is 18.2 Å². The van der Waals surface area contributed by atoms with E-state index in [9.17, 15) is 14.0 Å². The third-order valence-electron chi connectivity index (χ3n) is 3.99. The Morgan fingerprint density at radius 3 is 2.45 bits per heavy atom. The Kier molecular flexibility index (Phi) is 7.44. The van der Waals surface area contributed by atoms with E-state index in [0.717, 1.165) is 17.4 Å². The van der Waals surface area contributed by atoms with Crippen LogP contribution in [-0.2, 0) is 9.59 Å². The molecule has 2 N–H and O–H groups in total. The van der Waals surface area contributed by atoms with Gasteiger partial charge in [0.1, 0.15) is 11.6 Å². The number of nitrogens with zero attached hydrogens (tertiary/aromatic N) is 3. The lowest BCUT2D eigenvalue weighted by atomic mass is 10.3. The number of aromatic nitrogens is 3. The molecular formula is C20H20FN5O4S. The molecule has 0 spiro atoms. The first-order chi connectivity index (χ1) is 15.0. The molecule has 0 saturated heterocycles. The third-order valence-corrected chi connectivity index (χ3v) is 4.92. The lowest BCUT2D eigenvalue weighted by molar-refractivity contribution is -0.128. The Balaban J connectivity index is 1.51. The van der Waals surface area contributed by atoms with Crippen LogP contribution in [0.15, 0.2) is 53.7 Å². The molecule has 0 fully saturated rings. The summed E-state index contributed by atoms with van der Waals surface area (Å²) in [5.41, 5.74) is 5.24. The van der Waals surface area contributed by atoms with Crippen LogP contribution in [0.25, 0.3) is 5.69 Å². The van der Waals surface area contributed by atoms with Crippen LogP contribution in [0.4, 0.5) is 4.39 Å². The molecule has 0 saturated carbocycles. The van der Waals surface area contributed by atoms with Crippen molar-refractivity contribution in [1.82, 2.24) is 25.6 Å². The number of thioether (sulfide) groups is 1. The quantitative estimate of drug-likeness (QED) is 0.404. The molecule has 11 heteroatoms. The van der Waals surface area contributed by atoms with Gasteiger partial charge in [0.25, 0.3) is 5.91 Å². The fourth-order valence-corrected chi connectivity index (χ4v) is 3.37. The number of halogens is 1. The number of amides is 2. The zero-order valence-electron chi connectivity index (χ0n) is 16.8. The second-order valence-electron chi connectivity index (χ2n) is 6.14. The molecule has 31 heavy (non-hydrogen) atoms. The van der Waals surface area contributed by atoms with Gasteiger partial charge >= 0.3 is 0 Å². The Hall–Kier alpha value is -3.60. The summed E-state index contributed by atoms with van der Waals surface area (Å²) >= 11 is 1.14. The first kappa shape index (κ1) is 22.1. The number of aryl methyl sites for hydroxylation is 1. The van der Waals surface area contributed by atoms with E-state index in [0.29, 0.717) is 16.7 Å². The summed E-state index contributed by atoms with van der Waals surface area (Å²) in [7, 11) is 1.57. The Morgan fingerprint density at radius 1 is 1.03 bits per heavy atom. The number of hydrogen-bond donors (Lipinski definition) is 2. The molecular weight excluding hydrogens is 425 g/mol. The predicted octanol–water partition coefficient (Wildman–Crippen LogP) is 2.04. The van der Waals surface area contributed by atoms with Crippen molar-refractivity contribution in [3.05, 3.63) is 60.2 Å². The lowest BCUT2D eigenvalue weighted by Gasteiger charge is -2.12. The van der Waals surface area contributed by atoms with Crippen molar-refractivity contribution in [3.8, 4) is 17.2 Å². The minimum absolute atomic E-state index is 0.0261. The first-order valence-corrected chi connectivity index (χ1v) is 10.1. The monoisotopic (exact) mass is 445 g/mol. The topological polar surface area (TPSA) is 107 Å². The maximum atomic E-state index is 13.5. The summed E-state index contributed by atoms with van der Waals surface area (Å²) in [4.78, 5) is 23.9. The fourth-order valence-electron chi connectivity index (χ4n) is 2.58. The Morgan fingerprint density at radius 2 is 1.71 bits per heavy atom. The summed E-state index contributed by atoms with van der Waals surface area (Å²) in [6, 6.07) is 13.1. The number of rotatable bonds is 8. The van der Waals surface area contributed by atoms with E-state index in [-0.39, 0.29) is 11.5 Å². The van der Waals surface area contributed by atoms with Crippen LogP contribution in [0.3, 0.4) is 0 Å². The van der Waals surface area contributed by atoms with Crippen molar-refractivity contribution in [2.75, 3.05) is 19.5 Å². The molecule has 0 atom stereocenters. The van der Waals surface area contributed by atoms with Crippen LogP contribution < -0.4 is 20.3 Å². The molecule has 0 aliphatic carbocycles. The van der Waals surface area contributed by atoms with Gasteiger partial charge in [0.15, 0.2) is 23.3 Å². The minimum Gasteiger partial charge on any atom is -0.495 e. The van der Waals surface area contributed by atoms with E-state index >= 15 is 0 Å². The molecule has 1 heterocycles. The van der Waals surface area contributed by atoms with Gasteiger partial charge in [0, 0.05) is 0 Å². The van der Waals surface area contributed by atoms with Crippen molar-refractivity contribution in [1.29, 1.82) is 0 Å². The summed E-state index contributed by atoms with van der Waals surface area (Å²) in [5.74, 6) is -0.478. The zero-order valence-corrected chi connectivity index (χ0v) is 17.6. The molecule has 9 nitrogen and oxygen atoms in total. The standard InChI is InChI=1S/C20H20FN5O4S/c1-13-22-25-20(26(13)15-8-4-6-10-17(15)29-2)31-12-19(28)24-23-18(27)11-30-16-9-5-3-7-14(16)21/h3-10H,11-12H2,1-2H3,(H,23,27)(H,24,28). The second-order valence-corrected chi connectivity index (χ2v) is 7.08. The van der Waals surface area contributed by atoms with Crippen LogP contribution in [0.5, 0.6) is 11.5 Å². The number of methoxy groups -OCH3 is 1. The number of para-hydroxylation sites is 3. The predicted molar refractivity (Wildman–Crippen MR) is 112 cm³/mol. The number of benzene rings is 2. The molecule has 2 aromatic carbocycles. The zero-order chi connectivity index (χ0) is 22.2. The molecule has 2 amide bonds. The van der Waals surface area contributed by atoms with Gasteiger partial charge < -0.3 is 9.47 Å². The average Bonchev–Trinajstić information content (AvgIpc) is 3.15. The molecule has 3 rings (SSSR count). The number of ether oxygens (including phenoxy) is 2. The van der Waals surface area contributed by atoms with Crippen LogP contribution in [0.2, 0.25) is 0 Å². The molecule has 0 aliphatic rings. The van der Waals surface area contributed by atoms with E-state index < -0.39 is 24.2 Å². The van der Waals surface area contributed by atoms with Crippen molar-refractivity contribution >= 4 is 23.6 Å². The molecule has 0 radical (unpaired) electrons. The van der Waals surface area contributed by atoms with Crippen molar-refractivity contribution < 1.29 is 23.5 Å². The largest absolute Gasteiger partial charge is 0.495 e. The van der Waals surface area contributed by atoms with Crippen molar-refractivity contribution in [2.24, 2.45) is 0 Å². The second kappa shape index (κ2) is 10.4.